The van der Waals surface area contributed by atoms with Crippen LogP contribution in [0.25, 0.3) is 0 Å². The van der Waals surface area contributed by atoms with Gasteiger partial charge in [0.05, 0.1) is 0 Å². The summed E-state index contributed by atoms with van der Waals surface area (Å²) in [5.41, 5.74) is 0.449. The van der Waals surface area contributed by atoms with E-state index in [4.69, 9.17) is 0 Å². The zero-order valence-electron chi connectivity index (χ0n) is 5.96. The molecule has 0 radical (unpaired) electrons. The van der Waals surface area contributed by atoms with E-state index < -0.39 is 0 Å². The maximum atomic E-state index is 10.8. The van der Waals surface area contributed by atoms with Gasteiger partial charge in [-0.15, -0.1) is 0 Å². The van der Waals surface area contributed by atoms with Crippen molar-refractivity contribution in [1.29, 1.82) is 0 Å². The van der Waals surface area contributed by atoms with Crippen LogP contribution in [0, 0.1) is 0 Å². The van der Waals surface area contributed by atoms with Gasteiger partial charge < -0.3 is 5.32 Å². The van der Waals surface area contributed by atoms with Crippen LogP contribution in [0.4, 0.5) is 0 Å². The van der Waals surface area contributed by atoms with Gasteiger partial charge in [-0.1, -0.05) is 0 Å². The molecule has 0 aliphatic heterocycles. The second-order valence-electron chi connectivity index (χ2n) is 1.95. The van der Waals surface area contributed by atoms with Crippen molar-refractivity contribution in [3.8, 4) is 0 Å². The van der Waals surface area contributed by atoms with E-state index in [1.165, 1.54) is 0 Å². The fraction of sp³-hybridized carbons (Fsp3) is 0.333. The lowest BCUT2D eigenvalue weighted by molar-refractivity contribution is 0.0957. The minimum Gasteiger partial charge on any atom is -0.354 e. The molecular weight excluding hydrogens is 130 g/mol. The molecule has 4 heteroatoms. The molecule has 1 rings (SSSR count). The third-order valence-corrected chi connectivity index (χ3v) is 1.17. The van der Waals surface area contributed by atoms with Gasteiger partial charge >= 0.3 is 0 Å². The van der Waals surface area contributed by atoms with Gasteiger partial charge in [0.25, 0.3) is 5.91 Å². The SMILES string of the molecule is CNC(=O)c1ccn(C)n1. The second-order valence-corrected chi connectivity index (χ2v) is 1.95. The lowest BCUT2D eigenvalue weighted by atomic mass is 10.4. The Morgan fingerprint density at radius 3 is 2.90 bits per heavy atom. The number of hydrogen-bond acceptors (Lipinski definition) is 2. The first kappa shape index (κ1) is 6.80. The van der Waals surface area contributed by atoms with Crippen molar-refractivity contribution in [2.45, 2.75) is 0 Å². The van der Waals surface area contributed by atoms with Gasteiger partial charge in [-0.25, -0.2) is 0 Å². The standard InChI is InChI=1S/C6H9N3O/c1-7-6(10)5-3-4-9(2)8-5/h3-4H,1-2H3,(H,7,10). The molecule has 1 N–H and O–H groups in total. The van der Waals surface area contributed by atoms with Crippen molar-refractivity contribution < 1.29 is 4.79 Å². The molecule has 0 unspecified atom stereocenters. The molecule has 1 aromatic rings. The van der Waals surface area contributed by atoms with E-state index in [1.807, 2.05) is 0 Å². The normalized spacial score (nSPS) is 9.40. The first-order valence-corrected chi connectivity index (χ1v) is 2.96. The minimum absolute atomic E-state index is 0.152. The minimum atomic E-state index is -0.152. The van der Waals surface area contributed by atoms with Gasteiger partial charge in [0, 0.05) is 20.3 Å². The maximum Gasteiger partial charge on any atom is 0.271 e. The van der Waals surface area contributed by atoms with Gasteiger partial charge in [-0.3, -0.25) is 9.48 Å². The van der Waals surface area contributed by atoms with Crippen LogP contribution in [0.1, 0.15) is 10.5 Å². The summed E-state index contributed by atoms with van der Waals surface area (Å²) >= 11 is 0. The summed E-state index contributed by atoms with van der Waals surface area (Å²) in [6.07, 6.45) is 1.73. The summed E-state index contributed by atoms with van der Waals surface area (Å²) < 4.78 is 1.59. The van der Waals surface area contributed by atoms with Crippen molar-refractivity contribution in [2.75, 3.05) is 7.05 Å². The van der Waals surface area contributed by atoms with Crippen LogP contribution < -0.4 is 5.32 Å². The highest BCUT2D eigenvalue weighted by atomic mass is 16.1. The topological polar surface area (TPSA) is 46.9 Å². The number of rotatable bonds is 1. The number of amides is 1. The molecule has 0 bridgehead atoms. The van der Waals surface area contributed by atoms with E-state index in [1.54, 1.807) is 31.0 Å². The molecule has 0 spiro atoms. The second kappa shape index (κ2) is 2.51. The Hall–Kier alpha value is -1.32. The van der Waals surface area contributed by atoms with E-state index in [9.17, 15) is 4.79 Å². The molecular formula is C6H9N3O. The predicted molar refractivity (Wildman–Crippen MR) is 36.6 cm³/mol. The molecule has 1 amide bonds. The summed E-state index contributed by atoms with van der Waals surface area (Å²) in [6, 6.07) is 1.67. The summed E-state index contributed by atoms with van der Waals surface area (Å²) in [6.45, 7) is 0. The molecule has 0 fully saturated rings. The fourth-order valence-electron chi connectivity index (χ4n) is 0.664. The molecule has 0 atom stereocenters. The lowest BCUT2D eigenvalue weighted by Gasteiger charge is -1.91. The van der Waals surface area contributed by atoms with Crippen LogP contribution in [0.3, 0.4) is 0 Å². The van der Waals surface area contributed by atoms with E-state index in [-0.39, 0.29) is 5.91 Å². The highest BCUT2D eigenvalue weighted by Gasteiger charge is 2.03. The van der Waals surface area contributed by atoms with Crippen LogP contribution in [0.5, 0.6) is 0 Å². The Morgan fingerprint density at radius 2 is 2.50 bits per heavy atom. The van der Waals surface area contributed by atoms with Gasteiger partial charge in [0.1, 0.15) is 5.69 Å². The van der Waals surface area contributed by atoms with E-state index in [0.29, 0.717) is 5.69 Å². The Balaban J connectivity index is 2.85. The Kier molecular flexibility index (Phi) is 1.71. The molecule has 1 heterocycles. The van der Waals surface area contributed by atoms with Gasteiger partial charge in [-0.2, -0.15) is 5.10 Å². The van der Waals surface area contributed by atoms with Gasteiger partial charge in [0.15, 0.2) is 0 Å². The van der Waals surface area contributed by atoms with Crippen LogP contribution >= 0.6 is 0 Å². The van der Waals surface area contributed by atoms with Crippen LogP contribution in [0.2, 0.25) is 0 Å². The van der Waals surface area contributed by atoms with Gasteiger partial charge in [0.2, 0.25) is 0 Å². The Morgan fingerprint density at radius 1 is 1.80 bits per heavy atom. The smallest absolute Gasteiger partial charge is 0.271 e. The number of nitrogens with zero attached hydrogens (tertiary/aromatic N) is 2. The first-order chi connectivity index (χ1) is 4.74. The summed E-state index contributed by atoms with van der Waals surface area (Å²) in [7, 11) is 3.35. The largest absolute Gasteiger partial charge is 0.354 e. The van der Waals surface area contributed by atoms with Crippen molar-refractivity contribution >= 4 is 5.91 Å². The van der Waals surface area contributed by atoms with Crippen molar-refractivity contribution in [1.82, 2.24) is 15.1 Å². The lowest BCUT2D eigenvalue weighted by Crippen LogP contribution is -2.18. The molecule has 0 saturated carbocycles. The highest BCUT2D eigenvalue weighted by molar-refractivity contribution is 5.91. The average Bonchev–Trinajstić information content (AvgIpc) is 2.34. The number of aromatic nitrogens is 2. The third-order valence-electron chi connectivity index (χ3n) is 1.17. The van der Waals surface area contributed by atoms with Crippen LogP contribution in [-0.4, -0.2) is 22.7 Å². The number of hydrogen-bond donors (Lipinski definition) is 1. The van der Waals surface area contributed by atoms with E-state index in [0.717, 1.165) is 0 Å². The highest BCUT2D eigenvalue weighted by Crippen LogP contribution is 1.91. The zero-order valence-corrected chi connectivity index (χ0v) is 5.96. The fourth-order valence-corrected chi connectivity index (χ4v) is 0.664. The quantitative estimate of drug-likeness (QED) is 0.584. The van der Waals surface area contributed by atoms with Crippen molar-refractivity contribution in [3.05, 3.63) is 18.0 Å². The molecule has 54 valence electrons. The number of carbonyl (C=O) groups is 1. The first-order valence-electron chi connectivity index (χ1n) is 2.96. The maximum absolute atomic E-state index is 10.8. The van der Waals surface area contributed by atoms with Gasteiger partial charge in [-0.05, 0) is 6.07 Å². The Labute approximate surface area is 58.8 Å². The summed E-state index contributed by atoms with van der Waals surface area (Å²) in [4.78, 5) is 10.8. The van der Waals surface area contributed by atoms with Crippen LogP contribution in [-0.2, 0) is 7.05 Å². The Bertz CT molecular complexity index is 241. The third kappa shape index (κ3) is 1.15. The van der Waals surface area contributed by atoms with Crippen LogP contribution in [0.15, 0.2) is 12.3 Å². The molecule has 0 saturated heterocycles. The predicted octanol–water partition coefficient (Wildman–Crippen LogP) is -0.220. The molecule has 4 nitrogen and oxygen atoms in total. The number of carbonyl (C=O) groups excluding carboxylic acids is 1. The molecule has 0 aliphatic carbocycles. The molecule has 0 aromatic carbocycles. The summed E-state index contributed by atoms with van der Waals surface area (Å²) in [5.74, 6) is -0.152. The average molecular weight is 139 g/mol. The van der Waals surface area contributed by atoms with E-state index in [2.05, 4.69) is 10.4 Å². The monoisotopic (exact) mass is 139 g/mol. The van der Waals surface area contributed by atoms with Crippen molar-refractivity contribution in [2.24, 2.45) is 7.05 Å². The molecule has 0 aliphatic rings. The zero-order chi connectivity index (χ0) is 7.56. The number of aryl methyl sites for hydroxylation is 1. The van der Waals surface area contributed by atoms with Crippen molar-refractivity contribution in [3.63, 3.8) is 0 Å². The van der Waals surface area contributed by atoms with E-state index >= 15 is 0 Å². The summed E-state index contributed by atoms with van der Waals surface area (Å²) in [5, 5.41) is 6.37. The number of nitrogens with one attached hydrogen (secondary N) is 1. The molecule has 10 heavy (non-hydrogen) atoms. The molecule has 1 aromatic heterocycles.